The molecule has 2 bridgehead atoms. The molecule has 4 aliphatic rings. The third-order valence-corrected chi connectivity index (χ3v) is 12.2. The quantitative estimate of drug-likeness (QED) is 0.0644. The number of hydrogen-bond donors (Lipinski definition) is 8. The molecule has 9 rings (SSSR count). The van der Waals surface area contributed by atoms with Gasteiger partial charge in [-0.15, -0.1) is 0 Å². The molecule has 9 heterocycles. The van der Waals surface area contributed by atoms with Crippen molar-refractivity contribution in [3.63, 3.8) is 0 Å². The van der Waals surface area contributed by atoms with Crippen molar-refractivity contribution < 1.29 is 61.4 Å². The number of nitrogens with zero attached hydrogens (tertiary/aromatic N) is 9. The lowest BCUT2D eigenvalue weighted by atomic mass is 10.1. The lowest BCUT2D eigenvalue weighted by Crippen LogP contribution is -2.36. The van der Waals surface area contributed by atoms with Gasteiger partial charge in [-0.2, -0.15) is 9.97 Å². The molecule has 5 aromatic heterocycles. The number of nitrogens with two attached hydrogens (primary N) is 3. The van der Waals surface area contributed by atoms with E-state index in [4.69, 9.17) is 49.5 Å². The normalized spacial score (nSPS) is 31.1. The predicted molar refractivity (Wildman–Crippen MR) is 193 cm³/mol. The van der Waals surface area contributed by atoms with E-state index in [1.165, 1.54) is 27.7 Å². The predicted octanol–water partition coefficient (Wildman–Crippen LogP) is -1.76. The van der Waals surface area contributed by atoms with Gasteiger partial charge in [0.1, 0.15) is 67.2 Å². The van der Waals surface area contributed by atoms with Crippen molar-refractivity contribution in [1.82, 2.24) is 48.6 Å². The molecule has 59 heavy (non-hydrogen) atoms. The number of rotatable bonds is 12. The summed E-state index contributed by atoms with van der Waals surface area (Å²) in [6, 6.07) is 1.36. The molecule has 316 valence electrons. The molecule has 5 aromatic rings. The van der Waals surface area contributed by atoms with E-state index < -0.39 is 102 Å². The van der Waals surface area contributed by atoms with E-state index >= 15 is 0 Å². The highest BCUT2D eigenvalue weighted by Gasteiger charge is 2.55. The van der Waals surface area contributed by atoms with Gasteiger partial charge in [0.15, 0.2) is 34.2 Å². The molecule has 0 radical (unpaired) electrons. The summed E-state index contributed by atoms with van der Waals surface area (Å²) in [5, 5.41) is 20.7. The Morgan fingerprint density at radius 3 is 2.37 bits per heavy atom. The number of phosphoric ester groups is 2. The molecular formula is C29H35N13O15P2. The lowest BCUT2D eigenvalue weighted by molar-refractivity contribution is -0.111. The molecule has 3 fully saturated rings. The summed E-state index contributed by atoms with van der Waals surface area (Å²) in [7, 11) is -10.3. The number of H-pyrrole nitrogens is 1. The number of aromatic nitrogens is 10. The highest BCUT2D eigenvalue weighted by Crippen LogP contribution is 2.58. The van der Waals surface area contributed by atoms with Gasteiger partial charge in [0, 0.05) is 25.5 Å². The van der Waals surface area contributed by atoms with Crippen LogP contribution >= 0.6 is 15.6 Å². The Kier molecular flexibility index (Phi) is 9.90. The molecule has 0 aliphatic carbocycles. The summed E-state index contributed by atoms with van der Waals surface area (Å²) < 4.78 is 71.0. The largest absolute Gasteiger partial charge is 0.473 e. The molecule has 0 spiro atoms. The lowest BCUT2D eigenvalue weighted by Gasteiger charge is -2.33. The standard InChI is InChI=1S/C29H35N13O15P2/c30-15-1-2-40(29(46)36-15)16-3-10(44)14(53-16)7-51-58(47,48)56-12-5-18-42-24-19(23(31)33-8-34-24)37-26(42)22(21(12)54-18)57-59(49,50)55-11-4-17(52-13(11)6-43)41-9-35-20-25(41)38-28(32)39-27(20)45/h1-2,8-14,16-18,21-22,43-44H,3-7H2,(H,47,48)(H,49,50)(H2,30,36,46)(H2,31,33,34)(H3,32,38,39,45)/t10-,11-,12-,13+,14+,16+,17+,18+,21-,22+/m0/s1. The van der Waals surface area contributed by atoms with Crippen molar-refractivity contribution in [1.29, 1.82) is 0 Å². The summed E-state index contributed by atoms with van der Waals surface area (Å²) >= 11 is 0. The van der Waals surface area contributed by atoms with Crippen LogP contribution in [-0.4, -0.2) is 118 Å². The van der Waals surface area contributed by atoms with E-state index in [-0.39, 0.29) is 65.0 Å². The molecule has 11 N–H and O–H groups in total. The van der Waals surface area contributed by atoms with Crippen LogP contribution in [0.4, 0.5) is 17.6 Å². The summed E-state index contributed by atoms with van der Waals surface area (Å²) in [5.74, 6) is -0.280. The number of aliphatic hydroxyl groups is 2. The zero-order valence-electron chi connectivity index (χ0n) is 30.0. The zero-order chi connectivity index (χ0) is 41.5. The average molecular weight is 868 g/mol. The van der Waals surface area contributed by atoms with Crippen LogP contribution < -0.4 is 28.5 Å². The molecule has 0 amide bonds. The molecule has 4 aliphatic heterocycles. The maximum absolute atomic E-state index is 13.9. The Hall–Kier alpha value is -4.80. The zero-order valence-corrected chi connectivity index (χ0v) is 31.8. The number of ether oxygens (including phenoxy) is 3. The first kappa shape index (κ1) is 39.6. The summed E-state index contributed by atoms with van der Waals surface area (Å²) in [4.78, 5) is 73.5. The van der Waals surface area contributed by atoms with Crippen LogP contribution in [0.2, 0.25) is 0 Å². The minimum atomic E-state index is -5.23. The van der Waals surface area contributed by atoms with Crippen molar-refractivity contribution >= 4 is 55.6 Å². The first-order chi connectivity index (χ1) is 28.1. The molecule has 28 nitrogen and oxygen atoms in total. The van der Waals surface area contributed by atoms with E-state index in [0.717, 1.165) is 10.9 Å². The van der Waals surface area contributed by atoms with Crippen molar-refractivity contribution in [2.45, 2.75) is 80.7 Å². The smallest absolute Gasteiger partial charge is 0.394 e. The van der Waals surface area contributed by atoms with E-state index in [1.807, 2.05) is 0 Å². The first-order valence-corrected chi connectivity index (χ1v) is 20.7. The fourth-order valence-corrected chi connectivity index (χ4v) is 9.62. The number of imidazole rings is 2. The molecule has 30 heteroatoms. The molecule has 0 aromatic carbocycles. The highest BCUT2D eigenvalue weighted by atomic mass is 31.2. The van der Waals surface area contributed by atoms with Crippen LogP contribution in [-0.2, 0) is 41.4 Å². The van der Waals surface area contributed by atoms with Crippen molar-refractivity contribution in [3.8, 4) is 0 Å². The number of anilines is 3. The fraction of sp³-hybridized carbons (Fsp3) is 0.517. The third-order valence-electron chi connectivity index (χ3n) is 10.2. The number of aromatic amines is 1. The van der Waals surface area contributed by atoms with E-state index in [2.05, 4.69) is 34.9 Å². The monoisotopic (exact) mass is 867 g/mol. The summed E-state index contributed by atoms with van der Waals surface area (Å²) in [6.45, 7) is -1.32. The van der Waals surface area contributed by atoms with Gasteiger partial charge in [0.2, 0.25) is 5.95 Å². The van der Waals surface area contributed by atoms with Crippen LogP contribution in [0.5, 0.6) is 0 Å². The summed E-state index contributed by atoms with van der Waals surface area (Å²) in [6.07, 6.45) is -8.88. The van der Waals surface area contributed by atoms with E-state index in [9.17, 15) is 38.7 Å². The second-order valence-electron chi connectivity index (χ2n) is 13.9. The van der Waals surface area contributed by atoms with Gasteiger partial charge in [-0.1, -0.05) is 0 Å². The van der Waals surface area contributed by atoms with Crippen molar-refractivity contribution in [2.24, 2.45) is 0 Å². The Morgan fingerprint density at radius 1 is 0.847 bits per heavy atom. The van der Waals surface area contributed by atoms with Crippen LogP contribution in [0, 0.1) is 0 Å². The second kappa shape index (κ2) is 14.7. The Morgan fingerprint density at radius 2 is 1.59 bits per heavy atom. The third kappa shape index (κ3) is 7.30. The highest BCUT2D eigenvalue weighted by molar-refractivity contribution is 7.47. The molecule has 3 saturated heterocycles. The van der Waals surface area contributed by atoms with Gasteiger partial charge in [0.05, 0.1) is 25.6 Å². The van der Waals surface area contributed by atoms with E-state index in [0.29, 0.717) is 0 Å². The Labute approximate surface area is 328 Å². The second-order valence-corrected chi connectivity index (χ2v) is 16.7. The minimum Gasteiger partial charge on any atom is -0.394 e. The minimum absolute atomic E-state index is 0.0166. The van der Waals surface area contributed by atoms with Gasteiger partial charge >= 0.3 is 21.3 Å². The molecular weight excluding hydrogens is 832 g/mol. The number of aliphatic hydroxyl groups excluding tert-OH is 2. The maximum atomic E-state index is 13.9. The molecule has 0 saturated carbocycles. The topological polar surface area (TPSA) is 400 Å². The Bertz CT molecular complexity index is 2660. The number of nitrogen functional groups attached to an aromatic ring is 3. The maximum Gasteiger partial charge on any atom is 0.473 e. The van der Waals surface area contributed by atoms with Crippen LogP contribution in [0.15, 0.2) is 34.5 Å². The van der Waals surface area contributed by atoms with Crippen molar-refractivity contribution in [2.75, 3.05) is 30.4 Å². The van der Waals surface area contributed by atoms with Gasteiger partial charge in [-0.25, -0.2) is 33.9 Å². The van der Waals surface area contributed by atoms with Crippen LogP contribution in [0.1, 0.15) is 49.9 Å². The SMILES string of the molecule is Nc1ccn([C@H]2C[C@H](O)[C@@H](COP(=O)(O)O[C@H]3C[C@H]4O[C@@H]3[C@@H](OP(=O)(O)O[C@H]3C[C@H](n5cnc6c(=O)[nH]c(N)nc65)O[C@@H]3CO)c3nc5c(N)ncnc5n34)O2)c(=O)n1. The van der Waals surface area contributed by atoms with Crippen LogP contribution in [0.3, 0.4) is 0 Å². The number of nitrogens with one attached hydrogen (secondary N) is 1. The molecule has 2 unspecified atom stereocenters. The number of phosphoric acid groups is 2. The molecule has 12 atom stereocenters. The summed E-state index contributed by atoms with van der Waals surface area (Å²) in [5.41, 5.74) is 16.2. The number of fused-ring (bicyclic) bond motifs is 7. The number of hydrogen-bond acceptors (Lipinski definition) is 22. The average Bonchev–Trinajstić information content (AvgIpc) is 3.99. The van der Waals surface area contributed by atoms with Crippen molar-refractivity contribution in [3.05, 3.63) is 51.6 Å². The van der Waals surface area contributed by atoms with Gasteiger partial charge in [-0.05, 0) is 6.07 Å². The van der Waals surface area contributed by atoms with Gasteiger partial charge in [0.25, 0.3) is 5.56 Å². The fourth-order valence-electron chi connectivity index (χ4n) is 7.56. The Balaban J connectivity index is 0.932. The van der Waals surface area contributed by atoms with Gasteiger partial charge < -0.3 is 51.4 Å². The van der Waals surface area contributed by atoms with Crippen LogP contribution in [0.25, 0.3) is 22.3 Å². The van der Waals surface area contributed by atoms with Gasteiger partial charge in [-0.3, -0.25) is 41.6 Å². The van der Waals surface area contributed by atoms with E-state index in [1.54, 1.807) is 0 Å². The first-order valence-electron chi connectivity index (χ1n) is 17.7.